The van der Waals surface area contributed by atoms with Crippen molar-refractivity contribution in [3.05, 3.63) is 68.6 Å². The second kappa shape index (κ2) is 10.3. The van der Waals surface area contributed by atoms with Crippen molar-refractivity contribution in [3.63, 3.8) is 0 Å². The fourth-order valence-corrected chi connectivity index (χ4v) is 4.62. The van der Waals surface area contributed by atoms with Crippen molar-refractivity contribution in [1.82, 2.24) is 15.1 Å². The minimum Gasteiger partial charge on any atom is -0.336 e. The number of aryl methyl sites for hydroxylation is 2. The van der Waals surface area contributed by atoms with E-state index in [0.717, 1.165) is 28.2 Å². The highest BCUT2D eigenvalue weighted by molar-refractivity contribution is 7.15. The first-order valence-electron chi connectivity index (χ1n) is 10.9. The van der Waals surface area contributed by atoms with Crippen molar-refractivity contribution in [2.75, 3.05) is 23.7 Å². The summed E-state index contributed by atoms with van der Waals surface area (Å²) in [6, 6.07) is 12.5. The zero-order valence-electron chi connectivity index (χ0n) is 18.8. The lowest BCUT2D eigenvalue weighted by molar-refractivity contribution is -0.121. The predicted octanol–water partition coefficient (Wildman–Crippen LogP) is 4.55. The normalized spacial score (nSPS) is 15.6. The maximum atomic E-state index is 13.0. The van der Waals surface area contributed by atoms with Gasteiger partial charge in [0.15, 0.2) is 0 Å². The number of hydrogen-bond donors (Lipinski definition) is 2. The third-order valence-electron chi connectivity index (χ3n) is 5.74. The third-order valence-corrected chi connectivity index (χ3v) is 6.88. The van der Waals surface area contributed by atoms with Gasteiger partial charge in [-0.3, -0.25) is 14.4 Å². The maximum Gasteiger partial charge on any atom is 0.286 e. The Morgan fingerprint density at radius 1 is 1.00 bits per heavy atom. The van der Waals surface area contributed by atoms with E-state index in [1.807, 2.05) is 32.0 Å². The molecule has 4 rings (SSSR count). The van der Waals surface area contributed by atoms with Gasteiger partial charge in [-0.1, -0.05) is 35.1 Å². The van der Waals surface area contributed by atoms with Gasteiger partial charge in [-0.25, -0.2) is 0 Å². The number of benzene rings is 2. The minimum absolute atomic E-state index is 0.0735. The van der Waals surface area contributed by atoms with Gasteiger partial charge in [0, 0.05) is 29.5 Å². The Kier molecular flexibility index (Phi) is 7.23. The van der Waals surface area contributed by atoms with Crippen LogP contribution in [0.3, 0.4) is 0 Å². The Morgan fingerprint density at radius 2 is 1.76 bits per heavy atom. The number of piperidine rings is 1. The first kappa shape index (κ1) is 23.8. The summed E-state index contributed by atoms with van der Waals surface area (Å²) in [5.74, 6) is -1.23. The van der Waals surface area contributed by atoms with Crippen LogP contribution in [0.15, 0.2) is 42.5 Å². The first-order valence-corrected chi connectivity index (χ1v) is 12.1. The molecule has 8 nitrogen and oxygen atoms in total. The Balaban J connectivity index is 1.38. The van der Waals surface area contributed by atoms with Crippen LogP contribution in [0.25, 0.3) is 0 Å². The Labute approximate surface area is 206 Å². The molecule has 2 aromatic carbocycles. The van der Waals surface area contributed by atoms with Crippen molar-refractivity contribution in [2.45, 2.75) is 26.7 Å². The van der Waals surface area contributed by atoms with Crippen molar-refractivity contribution in [1.29, 1.82) is 0 Å². The number of carbonyl (C=O) groups excluding carboxylic acids is 3. The number of nitrogens with zero attached hydrogens (tertiary/aromatic N) is 3. The van der Waals surface area contributed by atoms with Gasteiger partial charge in [0.25, 0.3) is 11.8 Å². The Hall–Kier alpha value is -3.30. The van der Waals surface area contributed by atoms with Gasteiger partial charge in [0.1, 0.15) is 0 Å². The summed E-state index contributed by atoms with van der Waals surface area (Å²) in [6.45, 7) is 4.83. The highest BCUT2D eigenvalue weighted by atomic mass is 35.5. The predicted molar refractivity (Wildman–Crippen MR) is 132 cm³/mol. The van der Waals surface area contributed by atoms with Crippen LogP contribution in [0, 0.1) is 19.8 Å². The van der Waals surface area contributed by atoms with E-state index in [-0.39, 0.29) is 27.7 Å². The molecule has 0 radical (unpaired) electrons. The molecule has 0 spiro atoms. The van der Waals surface area contributed by atoms with Crippen molar-refractivity contribution < 1.29 is 14.4 Å². The zero-order valence-corrected chi connectivity index (χ0v) is 20.4. The van der Waals surface area contributed by atoms with E-state index in [4.69, 9.17) is 11.6 Å². The molecular weight excluding hydrogens is 474 g/mol. The lowest BCUT2D eigenvalue weighted by Gasteiger charge is -2.31. The van der Waals surface area contributed by atoms with Gasteiger partial charge < -0.3 is 15.5 Å². The summed E-state index contributed by atoms with van der Waals surface area (Å²) in [6.07, 6.45) is 1.40. The molecule has 0 aliphatic carbocycles. The molecule has 3 amide bonds. The number of carbonyl (C=O) groups is 3. The molecular formula is C24H24ClN5O3S. The highest BCUT2D eigenvalue weighted by Gasteiger charge is 2.31. The quantitative estimate of drug-likeness (QED) is 0.538. The van der Waals surface area contributed by atoms with Gasteiger partial charge in [-0.05, 0) is 68.1 Å². The summed E-state index contributed by atoms with van der Waals surface area (Å²) >= 11 is 6.87. The molecule has 0 saturated carbocycles. The molecule has 2 heterocycles. The van der Waals surface area contributed by atoms with Crippen LogP contribution in [0.5, 0.6) is 0 Å². The average Bonchev–Trinajstić information content (AvgIpc) is 3.32. The largest absolute Gasteiger partial charge is 0.336 e. The smallest absolute Gasteiger partial charge is 0.286 e. The maximum absolute atomic E-state index is 13.0. The zero-order chi connectivity index (χ0) is 24.2. The molecule has 10 heteroatoms. The van der Waals surface area contributed by atoms with Crippen LogP contribution in [0.2, 0.25) is 5.02 Å². The minimum atomic E-state index is -0.469. The van der Waals surface area contributed by atoms with E-state index in [1.165, 1.54) is 0 Å². The number of amides is 3. The van der Waals surface area contributed by atoms with Gasteiger partial charge in [-0.2, -0.15) is 0 Å². The number of nitrogens with one attached hydrogen (secondary N) is 2. The van der Waals surface area contributed by atoms with Crippen LogP contribution in [-0.2, 0) is 4.79 Å². The fourth-order valence-electron chi connectivity index (χ4n) is 3.73. The van der Waals surface area contributed by atoms with Crippen molar-refractivity contribution in [3.8, 4) is 0 Å². The van der Waals surface area contributed by atoms with E-state index in [1.54, 1.807) is 29.2 Å². The molecule has 1 atom stereocenters. The molecule has 0 unspecified atom stereocenters. The second-order valence-electron chi connectivity index (χ2n) is 8.26. The summed E-state index contributed by atoms with van der Waals surface area (Å²) in [5.41, 5.74) is 3.53. The standard InChI is InChI=1S/C24H24ClN5O3S/c1-14-8-9-19(11-15(14)2)26-20(31)16-5-4-10-30(13-16)24(33)23-29-28-22(34-23)21(32)27-18-7-3-6-17(25)12-18/h3,6-9,11-12,16H,4-5,10,13H2,1-2H3,(H,26,31)(H,27,32)/t16-/m0/s1. The molecule has 176 valence electrons. The monoisotopic (exact) mass is 497 g/mol. The summed E-state index contributed by atoms with van der Waals surface area (Å²) in [5, 5.41) is 14.1. The van der Waals surface area contributed by atoms with Crippen LogP contribution in [0.4, 0.5) is 11.4 Å². The highest BCUT2D eigenvalue weighted by Crippen LogP contribution is 2.23. The fraction of sp³-hybridized carbons (Fsp3) is 0.292. The second-order valence-corrected chi connectivity index (χ2v) is 9.67. The molecule has 1 aromatic heterocycles. The van der Waals surface area contributed by atoms with E-state index in [2.05, 4.69) is 20.8 Å². The number of aromatic nitrogens is 2. The Morgan fingerprint density at radius 3 is 2.53 bits per heavy atom. The van der Waals surface area contributed by atoms with Crippen molar-refractivity contribution in [2.24, 2.45) is 5.92 Å². The molecule has 1 aliphatic rings. The topological polar surface area (TPSA) is 104 Å². The van der Waals surface area contributed by atoms with Crippen LogP contribution in [-0.4, -0.2) is 45.9 Å². The van der Waals surface area contributed by atoms with Crippen LogP contribution in [0.1, 0.15) is 43.6 Å². The Bertz CT molecular complexity index is 1240. The molecule has 1 aliphatic heterocycles. The average molecular weight is 498 g/mol. The summed E-state index contributed by atoms with van der Waals surface area (Å²) in [4.78, 5) is 39.9. The lowest BCUT2D eigenvalue weighted by atomic mass is 9.97. The molecule has 1 saturated heterocycles. The SMILES string of the molecule is Cc1ccc(NC(=O)[C@H]2CCCN(C(=O)c3nnc(C(=O)Nc4cccc(Cl)c4)s3)C2)cc1C. The number of halogens is 1. The summed E-state index contributed by atoms with van der Waals surface area (Å²) in [7, 11) is 0. The third kappa shape index (κ3) is 5.60. The van der Waals surface area contributed by atoms with E-state index >= 15 is 0 Å². The number of rotatable bonds is 5. The van der Waals surface area contributed by atoms with Gasteiger partial charge >= 0.3 is 0 Å². The van der Waals surface area contributed by atoms with Gasteiger partial charge in [0.2, 0.25) is 15.9 Å². The number of anilines is 2. The first-order chi connectivity index (χ1) is 16.3. The van der Waals surface area contributed by atoms with Crippen LogP contribution < -0.4 is 10.6 Å². The van der Waals surface area contributed by atoms with Crippen molar-refractivity contribution >= 4 is 52.0 Å². The number of hydrogen-bond acceptors (Lipinski definition) is 6. The van der Waals surface area contributed by atoms with Gasteiger partial charge in [0.05, 0.1) is 5.92 Å². The summed E-state index contributed by atoms with van der Waals surface area (Å²) < 4.78 is 0. The van der Waals surface area contributed by atoms with E-state index in [0.29, 0.717) is 36.6 Å². The molecule has 0 bridgehead atoms. The lowest BCUT2D eigenvalue weighted by Crippen LogP contribution is -2.43. The number of likely N-dealkylation sites (tertiary alicyclic amines) is 1. The van der Waals surface area contributed by atoms with E-state index < -0.39 is 5.91 Å². The van der Waals surface area contributed by atoms with E-state index in [9.17, 15) is 14.4 Å². The molecule has 34 heavy (non-hydrogen) atoms. The van der Waals surface area contributed by atoms with Crippen LogP contribution >= 0.6 is 22.9 Å². The molecule has 2 N–H and O–H groups in total. The molecule has 1 fully saturated rings. The molecule has 3 aromatic rings. The van der Waals surface area contributed by atoms with Gasteiger partial charge in [-0.15, -0.1) is 10.2 Å².